The van der Waals surface area contributed by atoms with E-state index in [1.54, 1.807) is 7.05 Å². The van der Waals surface area contributed by atoms with Crippen molar-refractivity contribution in [1.29, 1.82) is 5.26 Å². The third kappa shape index (κ3) is 3.58. The van der Waals surface area contributed by atoms with Gasteiger partial charge in [-0.05, 0) is 24.6 Å². The molecular weight excluding hydrogens is 216 g/mol. The minimum Gasteiger partial charge on any atom is -0.480 e. The SMILES string of the molecule is CCc1ccc(C(C#N)N(C)CC(=O)O)cc1. The highest BCUT2D eigenvalue weighted by Gasteiger charge is 2.18. The number of nitrogens with zero attached hydrogens (tertiary/aromatic N) is 2. The van der Waals surface area contributed by atoms with Crippen molar-refractivity contribution in [3.63, 3.8) is 0 Å². The van der Waals surface area contributed by atoms with Gasteiger partial charge >= 0.3 is 5.97 Å². The molecule has 0 amide bonds. The standard InChI is InChI=1S/C13H16N2O2/c1-3-10-4-6-11(7-5-10)12(8-14)15(2)9-13(16)17/h4-7,12H,3,9H2,1-2H3,(H,16,17). The van der Waals surface area contributed by atoms with Gasteiger partial charge < -0.3 is 5.11 Å². The van der Waals surface area contributed by atoms with E-state index in [2.05, 4.69) is 13.0 Å². The van der Waals surface area contributed by atoms with Gasteiger partial charge in [-0.1, -0.05) is 31.2 Å². The van der Waals surface area contributed by atoms with Crippen molar-refractivity contribution < 1.29 is 9.90 Å². The number of rotatable bonds is 5. The number of aryl methyl sites for hydroxylation is 1. The first-order valence-electron chi connectivity index (χ1n) is 5.49. The zero-order valence-corrected chi connectivity index (χ0v) is 10.1. The Hall–Kier alpha value is -1.86. The Morgan fingerprint density at radius 2 is 2.06 bits per heavy atom. The minimum absolute atomic E-state index is 0.145. The van der Waals surface area contributed by atoms with E-state index in [0.717, 1.165) is 12.0 Å². The first-order chi connectivity index (χ1) is 8.08. The number of carboxylic acids is 1. The number of carbonyl (C=O) groups is 1. The molecule has 0 saturated carbocycles. The van der Waals surface area contributed by atoms with Gasteiger partial charge in [-0.2, -0.15) is 5.26 Å². The first-order valence-corrected chi connectivity index (χ1v) is 5.49. The fourth-order valence-corrected chi connectivity index (χ4v) is 1.67. The molecule has 1 aromatic carbocycles. The summed E-state index contributed by atoms with van der Waals surface area (Å²) in [7, 11) is 1.63. The molecule has 1 aromatic rings. The van der Waals surface area contributed by atoms with Crippen LogP contribution in [0.5, 0.6) is 0 Å². The lowest BCUT2D eigenvalue weighted by Gasteiger charge is -2.20. The fraction of sp³-hybridized carbons (Fsp3) is 0.385. The molecule has 0 fully saturated rings. The van der Waals surface area contributed by atoms with Crippen molar-refractivity contribution in [3.8, 4) is 6.07 Å². The van der Waals surface area contributed by atoms with Crippen molar-refractivity contribution in [1.82, 2.24) is 4.90 Å². The molecule has 0 spiro atoms. The zero-order valence-electron chi connectivity index (χ0n) is 10.1. The first kappa shape index (κ1) is 13.2. The molecule has 90 valence electrons. The van der Waals surface area contributed by atoms with Gasteiger partial charge in [-0.15, -0.1) is 0 Å². The zero-order chi connectivity index (χ0) is 12.8. The Labute approximate surface area is 101 Å². The van der Waals surface area contributed by atoms with Gasteiger partial charge in [0.05, 0.1) is 12.6 Å². The Morgan fingerprint density at radius 3 is 2.47 bits per heavy atom. The van der Waals surface area contributed by atoms with Crippen LogP contribution in [0.25, 0.3) is 0 Å². The normalized spacial score (nSPS) is 12.1. The summed E-state index contributed by atoms with van der Waals surface area (Å²) in [6.07, 6.45) is 0.947. The number of hydrogen-bond donors (Lipinski definition) is 1. The fourth-order valence-electron chi connectivity index (χ4n) is 1.67. The van der Waals surface area contributed by atoms with Crippen LogP contribution in [0, 0.1) is 11.3 Å². The van der Waals surface area contributed by atoms with Crippen LogP contribution in [0.2, 0.25) is 0 Å². The number of hydrogen-bond acceptors (Lipinski definition) is 3. The molecule has 0 radical (unpaired) electrons. The average molecular weight is 232 g/mol. The Kier molecular flexibility index (Phi) is 4.68. The summed E-state index contributed by atoms with van der Waals surface area (Å²) in [5.74, 6) is -0.932. The maximum Gasteiger partial charge on any atom is 0.317 e. The molecule has 0 aliphatic rings. The molecule has 0 heterocycles. The summed E-state index contributed by atoms with van der Waals surface area (Å²) >= 11 is 0. The van der Waals surface area contributed by atoms with E-state index in [4.69, 9.17) is 10.4 Å². The van der Waals surface area contributed by atoms with Crippen LogP contribution in [-0.2, 0) is 11.2 Å². The van der Waals surface area contributed by atoms with E-state index in [0.29, 0.717) is 0 Å². The lowest BCUT2D eigenvalue weighted by molar-refractivity contribution is -0.138. The van der Waals surface area contributed by atoms with Crippen molar-refractivity contribution in [2.45, 2.75) is 19.4 Å². The predicted octanol–water partition coefficient (Wildman–Crippen LogP) is 1.83. The van der Waals surface area contributed by atoms with E-state index < -0.39 is 12.0 Å². The van der Waals surface area contributed by atoms with Crippen LogP contribution in [0.4, 0.5) is 0 Å². The lowest BCUT2D eigenvalue weighted by atomic mass is 10.0. The van der Waals surface area contributed by atoms with Gasteiger partial charge in [0.2, 0.25) is 0 Å². The number of aliphatic carboxylic acids is 1. The minimum atomic E-state index is -0.932. The third-order valence-corrected chi connectivity index (χ3v) is 2.65. The highest BCUT2D eigenvalue weighted by molar-refractivity contribution is 5.69. The molecule has 1 atom stereocenters. The van der Waals surface area contributed by atoms with Gasteiger partial charge in [0.1, 0.15) is 6.04 Å². The maximum atomic E-state index is 10.6. The molecule has 0 bridgehead atoms. The van der Waals surface area contributed by atoms with E-state index in [1.165, 1.54) is 10.5 Å². The van der Waals surface area contributed by atoms with Crippen molar-refractivity contribution in [2.75, 3.05) is 13.6 Å². The highest BCUT2D eigenvalue weighted by atomic mass is 16.4. The van der Waals surface area contributed by atoms with E-state index in [9.17, 15) is 4.79 Å². The van der Waals surface area contributed by atoms with Crippen LogP contribution in [-0.4, -0.2) is 29.6 Å². The molecule has 17 heavy (non-hydrogen) atoms. The van der Waals surface area contributed by atoms with E-state index in [-0.39, 0.29) is 6.54 Å². The maximum absolute atomic E-state index is 10.6. The Morgan fingerprint density at radius 1 is 1.47 bits per heavy atom. The second-order valence-corrected chi connectivity index (χ2v) is 3.94. The number of benzene rings is 1. The van der Waals surface area contributed by atoms with Crippen LogP contribution >= 0.6 is 0 Å². The number of likely N-dealkylation sites (N-methyl/N-ethyl adjacent to an activating group) is 1. The Bertz CT molecular complexity index is 420. The smallest absolute Gasteiger partial charge is 0.317 e. The van der Waals surface area contributed by atoms with E-state index in [1.807, 2.05) is 24.3 Å². The van der Waals surface area contributed by atoms with Crippen LogP contribution in [0.1, 0.15) is 24.1 Å². The highest BCUT2D eigenvalue weighted by Crippen LogP contribution is 2.19. The summed E-state index contributed by atoms with van der Waals surface area (Å²) in [5, 5.41) is 17.8. The van der Waals surface area contributed by atoms with Crippen molar-refractivity contribution in [3.05, 3.63) is 35.4 Å². The number of carboxylic acid groups (broad SMARTS) is 1. The van der Waals surface area contributed by atoms with Crippen LogP contribution < -0.4 is 0 Å². The molecule has 0 saturated heterocycles. The summed E-state index contributed by atoms with van der Waals surface area (Å²) < 4.78 is 0. The third-order valence-electron chi connectivity index (χ3n) is 2.65. The molecule has 4 nitrogen and oxygen atoms in total. The van der Waals surface area contributed by atoms with Gasteiger partial charge in [-0.3, -0.25) is 9.69 Å². The molecule has 1 N–H and O–H groups in total. The molecule has 0 aliphatic heterocycles. The predicted molar refractivity (Wildman–Crippen MR) is 64.4 cm³/mol. The van der Waals surface area contributed by atoms with Gasteiger partial charge in [0, 0.05) is 0 Å². The second kappa shape index (κ2) is 6.02. The molecule has 1 rings (SSSR count). The molecule has 4 heteroatoms. The van der Waals surface area contributed by atoms with Gasteiger partial charge in [0.15, 0.2) is 0 Å². The topological polar surface area (TPSA) is 64.3 Å². The summed E-state index contributed by atoms with van der Waals surface area (Å²) in [5.41, 5.74) is 2.03. The van der Waals surface area contributed by atoms with E-state index >= 15 is 0 Å². The second-order valence-electron chi connectivity index (χ2n) is 3.94. The molecule has 1 unspecified atom stereocenters. The largest absolute Gasteiger partial charge is 0.480 e. The average Bonchev–Trinajstić information content (AvgIpc) is 2.30. The molecule has 0 aromatic heterocycles. The van der Waals surface area contributed by atoms with Crippen molar-refractivity contribution in [2.24, 2.45) is 0 Å². The quantitative estimate of drug-likeness (QED) is 0.841. The van der Waals surface area contributed by atoms with Gasteiger partial charge in [0.25, 0.3) is 0 Å². The monoisotopic (exact) mass is 232 g/mol. The van der Waals surface area contributed by atoms with Gasteiger partial charge in [-0.25, -0.2) is 0 Å². The lowest BCUT2D eigenvalue weighted by Crippen LogP contribution is -2.29. The Balaban J connectivity index is 2.86. The molecule has 0 aliphatic carbocycles. The van der Waals surface area contributed by atoms with Crippen molar-refractivity contribution >= 4 is 5.97 Å². The van der Waals surface area contributed by atoms with Crippen LogP contribution in [0.3, 0.4) is 0 Å². The summed E-state index contributed by atoms with van der Waals surface area (Å²) in [4.78, 5) is 12.1. The summed E-state index contributed by atoms with van der Waals surface area (Å²) in [6, 6.07) is 9.30. The van der Waals surface area contributed by atoms with Crippen LogP contribution in [0.15, 0.2) is 24.3 Å². The number of nitriles is 1. The molecular formula is C13H16N2O2. The summed E-state index contributed by atoms with van der Waals surface area (Å²) in [6.45, 7) is 1.92.